The first-order valence-electron chi connectivity index (χ1n) is 7.12. The van der Waals surface area contributed by atoms with E-state index in [0.29, 0.717) is 6.61 Å². The summed E-state index contributed by atoms with van der Waals surface area (Å²) >= 11 is 0. The van der Waals surface area contributed by atoms with Gasteiger partial charge < -0.3 is 4.74 Å². The van der Waals surface area contributed by atoms with Crippen LogP contribution in [0.5, 0.6) is 5.75 Å². The standard InChI is InChI=1S/C19H20O2/c1-4-21-17-9-6-16(7-10-17)8-12-19(20)18-11-5-14(2)13-15(18)3/h5-13H,4H2,1-3H3/b12-8+. The zero-order chi connectivity index (χ0) is 15.2. The average molecular weight is 280 g/mol. The molecule has 0 aromatic heterocycles. The van der Waals surface area contributed by atoms with E-state index in [1.807, 2.05) is 69.3 Å². The summed E-state index contributed by atoms with van der Waals surface area (Å²) < 4.78 is 5.39. The van der Waals surface area contributed by atoms with E-state index in [9.17, 15) is 4.79 Å². The van der Waals surface area contributed by atoms with E-state index in [2.05, 4.69) is 0 Å². The molecule has 0 aliphatic carbocycles. The number of ketones is 1. The summed E-state index contributed by atoms with van der Waals surface area (Å²) in [5.41, 5.74) is 3.91. The lowest BCUT2D eigenvalue weighted by Crippen LogP contribution is -1.98. The molecule has 0 atom stereocenters. The van der Waals surface area contributed by atoms with Gasteiger partial charge in [-0.05, 0) is 50.1 Å². The predicted molar refractivity (Wildman–Crippen MR) is 86.9 cm³/mol. The van der Waals surface area contributed by atoms with Gasteiger partial charge in [0.2, 0.25) is 0 Å². The quantitative estimate of drug-likeness (QED) is 0.591. The zero-order valence-corrected chi connectivity index (χ0v) is 12.7. The molecule has 0 spiro atoms. The number of carbonyl (C=O) groups is 1. The molecule has 0 aliphatic heterocycles. The Morgan fingerprint density at radius 3 is 2.43 bits per heavy atom. The normalized spacial score (nSPS) is 10.8. The molecule has 0 saturated heterocycles. The number of benzene rings is 2. The molecule has 0 heterocycles. The Hall–Kier alpha value is -2.35. The molecule has 0 N–H and O–H groups in total. The minimum Gasteiger partial charge on any atom is -0.494 e. The van der Waals surface area contributed by atoms with Crippen molar-refractivity contribution >= 4 is 11.9 Å². The number of rotatable bonds is 5. The third kappa shape index (κ3) is 4.06. The smallest absolute Gasteiger partial charge is 0.186 e. The van der Waals surface area contributed by atoms with Crippen molar-refractivity contribution in [2.75, 3.05) is 6.61 Å². The lowest BCUT2D eigenvalue weighted by atomic mass is 10.0. The first-order chi connectivity index (χ1) is 10.1. The molecule has 0 amide bonds. The first-order valence-corrected chi connectivity index (χ1v) is 7.12. The van der Waals surface area contributed by atoms with E-state index in [0.717, 1.165) is 22.4 Å². The van der Waals surface area contributed by atoms with Crippen molar-refractivity contribution in [3.05, 3.63) is 70.8 Å². The molecule has 0 saturated carbocycles. The highest BCUT2D eigenvalue weighted by Gasteiger charge is 2.05. The Morgan fingerprint density at radius 1 is 1.10 bits per heavy atom. The van der Waals surface area contributed by atoms with Crippen molar-refractivity contribution in [3.63, 3.8) is 0 Å². The Balaban J connectivity index is 2.11. The molecule has 0 bridgehead atoms. The maximum Gasteiger partial charge on any atom is 0.186 e. The molecule has 0 unspecified atom stereocenters. The van der Waals surface area contributed by atoms with E-state index in [1.54, 1.807) is 6.08 Å². The van der Waals surface area contributed by atoms with Crippen molar-refractivity contribution in [1.82, 2.24) is 0 Å². The summed E-state index contributed by atoms with van der Waals surface area (Å²) in [6.07, 6.45) is 3.45. The van der Waals surface area contributed by atoms with Crippen LogP contribution in [0.15, 0.2) is 48.5 Å². The molecule has 21 heavy (non-hydrogen) atoms. The third-order valence-corrected chi connectivity index (χ3v) is 3.27. The largest absolute Gasteiger partial charge is 0.494 e. The lowest BCUT2D eigenvalue weighted by Gasteiger charge is -2.03. The zero-order valence-electron chi connectivity index (χ0n) is 12.7. The molecule has 0 aliphatic rings. The Bertz CT molecular complexity index is 652. The van der Waals surface area contributed by atoms with Crippen LogP contribution in [0.3, 0.4) is 0 Å². The summed E-state index contributed by atoms with van der Waals surface area (Å²) in [6.45, 7) is 6.60. The number of allylic oxidation sites excluding steroid dienone is 1. The second-order valence-electron chi connectivity index (χ2n) is 5.02. The van der Waals surface area contributed by atoms with Gasteiger partial charge >= 0.3 is 0 Å². The van der Waals surface area contributed by atoms with Crippen molar-refractivity contribution in [2.24, 2.45) is 0 Å². The Morgan fingerprint density at radius 2 is 1.81 bits per heavy atom. The molecule has 0 fully saturated rings. The third-order valence-electron chi connectivity index (χ3n) is 3.27. The van der Waals surface area contributed by atoms with E-state index in [-0.39, 0.29) is 5.78 Å². The van der Waals surface area contributed by atoms with Gasteiger partial charge in [0, 0.05) is 5.56 Å². The monoisotopic (exact) mass is 280 g/mol. The van der Waals surface area contributed by atoms with Crippen molar-refractivity contribution in [3.8, 4) is 5.75 Å². The molecular weight excluding hydrogens is 260 g/mol. The highest BCUT2D eigenvalue weighted by Crippen LogP contribution is 2.15. The minimum atomic E-state index is 0.0291. The fraction of sp³-hybridized carbons (Fsp3) is 0.211. The fourth-order valence-corrected chi connectivity index (χ4v) is 2.19. The number of aryl methyl sites for hydroxylation is 2. The van der Waals surface area contributed by atoms with Gasteiger partial charge in [0.15, 0.2) is 5.78 Å². The molecule has 2 nitrogen and oxygen atoms in total. The Kier molecular flexibility index (Phi) is 4.94. The second-order valence-corrected chi connectivity index (χ2v) is 5.02. The maximum atomic E-state index is 12.2. The van der Waals surface area contributed by atoms with Crippen LogP contribution >= 0.6 is 0 Å². The molecule has 2 aromatic carbocycles. The highest BCUT2D eigenvalue weighted by molar-refractivity contribution is 6.07. The molecule has 0 radical (unpaired) electrons. The van der Waals surface area contributed by atoms with Crippen LogP contribution in [-0.2, 0) is 0 Å². The molecule has 2 aromatic rings. The summed E-state index contributed by atoms with van der Waals surface area (Å²) in [7, 11) is 0. The Labute approximate surface area is 126 Å². The molecule has 108 valence electrons. The van der Waals surface area contributed by atoms with E-state index < -0.39 is 0 Å². The van der Waals surface area contributed by atoms with E-state index >= 15 is 0 Å². The van der Waals surface area contributed by atoms with Crippen LogP contribution in [0.2, 0.25) is 0 Å². The van der Waals surface area contributed by atoms with Gasteiger partial charge in [0.05, 0.1) is 6.61 Å². The fourth-order valence-electron chi connectivity index (χ4n) is 2.19. The van der Waals surface area contributed by atoms with Crippen molar-refractivity contribution < 1.29 is 9.53 Å². The summed E-state index contributed by atoms with van der Waals surface area (Å²) in [5, 5.41) is 0. The first kappa shape index (κ1) is 15.0. The van der Waals surface area contributed by atoms with Crippen molar-refractivity contribution in [2.45, 2.75) is 20.8 Å². The summed E-state index contributed by atoms with van der Waals surface area (Å²) in [4.78, 5) is 12.2. The molecule has 2 rings (SSSR count). The van der Waals surface area contributed by atoms with Gasteiger partial charge in [-0.25, -0.2) is 0 Å². The lowest BCUT2D eigenvalue weighted by molar-refractivity contribution is 0.104. The van der Waals surface area contributed by atoms with Crippen molar-refractivity contribution in [1.29, 1.82) is 0 Å². The van der Waals surface area contributed by atoms with Crippen LogP contribution in [-0.4, -0.2) is 12.4 Å². The van der Waals surface area contributed by atoms with E-state index in [1.165, 1.54) is 5.56 Å². The van der Waals surface area contributed by atoms with Gasteiger partial charge in [0.25, 0.3) is 0 Å². The maximum absolute atomic E-state index is 12.2. The van der Waals surface area contributed by atoms with Gasteiger partial charge in [-0.3, -0.25) is 4.79 Å². The molecular formula is C19H20O2. The van der Waals surface area contributed by atoms with Crippen LogP contribution in [0.1, 0.15) is 34.0 Å². The predicted octanol–water partition coefficient (Wildman–Crippen LogP) is 4.60. The number of carbonyl (C=O) groups excluding carboxylic acids is 1. The summed E-state index contributed by atoms with van der Waals surface area (Å²) in [6, 6.07) is 13.6. The highest BCUT2D eigenvalue weighted by atomic mass is 16.5. The average Bonchev–Trinajstić information content (AvgIpc) is 2.46. The molecule has 2 heteroatoms. The second kappa shape index (κ2) is 6.89. The van der Waals surface area contributed by atoms with Gasteiger partial charge in [-0.2, -0.15) is 0 Å². The minimum absolute atomic E-state index is 0.0291. The van der Waals surface area contributed by atoms with Gasteiger partial charge in [0.1, 0.15) is 5.75 Å². The topological polar surface area (TPSA) is 26.3 Å². The number of hydrogen-bond donors (Lipinski definition) is 0. The van der Waals surface area contributed by atoms with Crippen LogP contribution in [0, 0.1) is 13.8 Å². The SMILES string of the molecule is CCOc1ccc(/C=C/C(=O)c2ccc(C)cc2C)cc1. The van der Waals surface area contributed by atoms with Gasteiger partial charge in [-0.1, -0.05) is 42.0 Å². The van der Waals surface area contributed by atoms with Gasteiger partial charge in [-0.15, -0.1) is 0 Å². The van der Waals surface area contributed by atoms with Crippen LogP contribution in [0.25, 0.3) is 6.08 Å². The number of hydrogen-bond acceptors (Lipinski definition) is 2. The van der Waals surface area contributed by atoms with E-state index in [4.69, 9.17) is 4.74 Å². The van der Waals surface area contributed by atoms with Crippen LogP contribution in [0.4, 0.5) is 0 Å². The number of ether oxygens (including phenoxy) is 1. The summed E-state index contributed by atoms with van der Waals surface area (Å²) in [5.74, 6) is 0.872. The van der Waals surface area contributed by atoms with Crippen LogP contribution < -0.4 is 4.74 Å².